The molecule has 2 rings (SSSR count). The van der Waals surface area contributed by atoms with Crippen molar-refractivity contribution in [3.63, 3.8) is 0 Å². The van der Waals surface area contributed by atoms with E-state index in [4.69, 9.17) is 4.18 Å². The first-order chi connectivity index (χ1) is 8.66. The summed E-state index contributed by atoms with van der Waals surface area (Å²) in [6.07, 6.45) is 4.30. The van der Waals surface area contributed by atoms with Crippen LogP contribution in [0.5, 0.6) is 5.75 Å². The highest BCUT2D eigenvalue weighted by Gasteiger charge is 2.08. The quantitative estimate of drug-likeness (QED) is 0.788. The number of benzene rings is 1. The second-order valence-electron chi connectivity index (χ2n) is 3.34. The van der Waals surface area contributed by atoms with Gasteiger partial charge in [-0.15, -0.1) is 4.40 Å². The molecule has 0 unspecified atom stereocenters. The van der Waals surface area contributed by atoms with E-state index in [0.29, 0.717) is 5.56 Å². The molecule has 1 aromatic heterocycles. The number of pyridine rings is 1. The second-order valence-corrected chi connectivity index (χ2v) is 4.57. The van der Waals surface area contributed by atoms with Crippen molar-refractivity contribution in [2.45, 2.75) is 0 Å². The van der Waals surface area contributed by atoms with E-state index in [2.05, 4.69) is 9.38 Å². The highest BCUT2D eigenvalue weighted by Crippen LogP contribution is 2.12. The summed E-state index contributed by atoms with van der Waals surface area (Å²) in [7, 11) is -3.98. The second kappa shape index (κ2) is 5.42. The first-order valence-electron chi connectivity index (χ1n) is 5.10. The highest BCUT2D eigenvalue weighted by atomic mass is 32.2. The summed E-state index contributed by atoms with van der Waals surface area (Å²) in [4.78, 5) is 3.82. The van der Waals surface area contributed by atoms with Crippen LogP contribution in [0.15, 0.2) is 59.3 Å². The van der Waals surface area contributed by atoms with E-state index >= 15 is 0 Å². The summed E-state index contributed by atoms with van der Waals surface area (Å²) in [5, 5.41) is 0. The Labute approximate surface area is 105 Å². The van der Waals surface area contributed by atoms with Crippen LogP contribution in [0.4, 0.5) is 0 Å². The monoisotopic (exact) mass is 262 g/mol. The van der Waals surface area contributed by atoms with Crippen LogP contribution in [0.25, 0.3) is 0 Å². The van der Waals surface area contributed by atoms with Gasteiger partial charge in [0.25, 0.3) is 0 Å². The number of rotatable bonds is 4. The summed E-state index contributed by atoms with van der Waals surface area (Å²) in [5.74, 6) is 0.226. The van der Waals surface area contributed by atoms with Gasteiger partial charge in [0.2, 0.25) is 0 Å². The Morgan fingerprint density at radius 2 is 1.72 bits per heavy atom. The lowest BCUT2D eigenvalue weighted by Gasteiger charge is -2.01. The molecule has 0 N–H and O–H groups in total. The van der Waals surface area contributed by atoms with Gasteiger partial charge in [0.15, 0.2) is 0 Å². The Hall–Kier alpha value is -2.21. The first kappa shape index (κ1) is 12.3. The SMILES string of the molecule is O=S(=O)(/N=C/c1ccncc1)Oc1ccccc1. The van der Waals surface area contributed by atoms with Gasteiger partial charge in [0, 0.05) is 12.4 Å². The third kappa shape index (κ3) is 3.67. The predicted molar refractivity (Wildman–Crippen MR) is 67.8 cm³/mol. The fraction of sp³-hybridized carbons (Fsp3) is 0. The number of nitrogens with zero attached hydrogens (tertiary/aromatic N) is 2. The molecule has 0 aliphatic rings. The maximum absolute atomic E-state index is 11.5. The molecule has 0 atom stereocenters. The summed E-state index contributed by atoms with van der Waals surface area (Å²) in [6, 6.07) is 11.5. The van der Waals surface area contributed by atoms with Gasteiger partial charge >= 0.3 is 10.3 Å². The fourth-order valence-corrected chi connectivity index (χ4v) is 1.84. The van der Waals surface area contributed by atoms with Crippen LogP contribution >= 0.6 is 0 Å². The molecule has 0 aliphatic heterocycles. The van der Waals surface area contributed by atoms with E-state index in [0.717, 1.165) is 0 Å². The molecule has 92 valence electrons. The van der Waals surface area contributed by atoms with Crippen LogP contribution in [0.3, 0.4) is 0 Å². The first-order valence-corrected chi connectivity index (χ1v) is 6.47. The molecule has 0 aliphatic carbocycles. The zero-order chi connectivity index (χ0) is 12.8. The zero-order valence-corrected chi connectivity index (χ0v) is 10.1. The van der Waals surface area contributed by atoms with Crippen LogP contribution in [-0.4, -0.2) is 19.6 Å². The van der Waals surface area contributed by atoms with Gasteiger partial charge in [-0.1, -0.05) is 18.2 Å². The van der Waals surface area contributed by atoms with Gasteiger partial charge < -0.3 is 4.18 Å². The van der Waals surface area contributed by atoms with Crippen molar-refractivity contribution in [2.24, 2.45) is 4.40 Å². The average molecular weight is 262 g/mol. The van der Waals surface area contributed by atoms with Crippen molar-refractivity contribution < 1.29 is 12.6 Å². The van der Waals surface area contributed by atoms with E-state index in [1.165, 1.54) is 6.21 Å². The minimum Gasteiger partial charge on any atom is -0.366 e. The molecule has 0 fully saturated rings. The molecule has 18 heavy (non-hydrogen) atoms. The minimum absolute atomic E-state index is 0.226. The van der Waals surface area contributed by atoms with Crippen molar-refractivity contribution in [1.82, 2.24) is 4.98 Å². The van der Waals surface area contributed by atoms with Gasteiger partial charge in [-0.2, -0.15) is 8.42 Å². The van der Waals surface area contributed by atoms with Gasteiger partial charge in [-0.3, -0.25) is 4.98 Å². The normalized spacial score (nSPS) is 11.6. The predicted octanol–water partition coefficient (Wildman–Crippen LogP) is 1.82. The van der Waals surface area contributed by atoms with Crippen molar-refractivity contribution in [3.8, 4) is 5.75 Å². The van der Waals surface area contributed by atoms with Crippen LogP contribution in [0, 0.1) is 0 Å². The molecule has 0 saturated carbocycles. The van der Waals surface area contributed by atoms with E-state index in [1.807, 2.05) is 0 Å². The molecule has 0 spiro atoms. The molecule has 0 radical (unpaired) electrons. The third-order valence-electron chi connectivity index (χ3n) is 1.98. The van der Waals surface area contributed by atoms with Crippen LogP contribution in [0.2, 0.25) is 0 Å². The van der Waals surface area contributed by atoms with Gasteiger partial charge in [0.1, 0.15) is 5.75 Å². The van der Waals surface area contributed by atoms with Crippen molar-refractivity contribution >= 4 is 16.5 Å². The summed E-state index contributed by atoms with van der Waals surface area (Å²) < 4.78 is 31.3. The van der Waals surface area contributed by atoms with E-state index < -0.39 is 10.3 Å². The van der Waals surface area contributed by atoms with Gasteiger partial charge in [-0.05, 0) is 29.8 Å². The summed E-state index contributed by atoms with van der Waals surface area (Å²) >= 11 is 0. The maximum Gasteiger partial charge on any atom is 0.428 e. The van der Waals surface area contributed by atoms with Crippen molar-refractivity contribution in [3.05, 3.63) is 60.4 Å². The molecule has 2 aromatic rings. The Morgan fingerprint density at radius 3 is 2.39 bits per heavy atom. The smallest absolute Gasteiger partial charge is 0.366 e. The van der Waals surface area contributed by atoms with Crippen LogP contribution in [0.1, 0.15) is 5.56 Å². The molecule has 0 bridgehead atoms. The number of hydrogen-bond donors (Lipinski definition) is 0. The zero-order valence-electron chi connectivity index (χ0n) is 9.30. The molecule has 0 saturated heterocycles. The number of aromatic nitrogens is 1. The topological polar surface area (TPSA) is 68.6 Å². The molecule has 1 heterocycles. The number of para-hydroxylation sites is 1. The Morgan fingerprint density at radius 1 is 1.06 bits per heavy atom. The lowest BCUT2D eigenvalue weighted by Crippen LogP contribution is -2.05. The molecule has 6 heteroatoms. The minimum atomic E-state index is -3.98. The van der Waals surface area contributed by atoms with E-state index in [9.17, 15) is 8.42 Å². The van der Waals surface area contributed by atoms with Crippen molar-refractivity contribution in [1.29, 1.82) is 0 Å². The standard InChI is InChI=1S/C12H10N2O3S/c15-18(16,17-12-4-2-1-3-5-12)14-10-11-6-8-13-9-7-11/h1-10H/b14-10+. The molecular formula is C12H10N2O3S. The fourth-order valence-electron chi connectivity index (χ4n) is 1.19. The molecule has 5 nitrogen and oxygen atoms in total. The van der Waals surface area contributed by atoms with E-state index in [1.54, 1.807) is 54.9 Å². The van der Waals surface area contributed by atoms with Crippen LogP contribution < -0.4 is 4.18 Å². The summed E-state index contributed by atoms with van der Waals surface area (Å²) in [5.41, 5.74) is 0.630. The van der Waals surface area contributed by atoms with E-state index in [-0.39, 0.29) is 5.75 Å². The lowest BCUT2D eigenvalue weighted by molar-refractivity contribution is 0.488. The van der Waals surface area contributed by atoms with Gasteiger partial charge in [0.05, 0.1) is 6.21 Å². The molecule has 1 aromatic carbocycles. The van der Waals surface area contributed by atoms with Gasteiger partial charge in [-0.25, -0.2) is 0 Å². The number of hydrogen-bond acceptors (Lipinski definition) is 4. The largest absolute Gasteiger partial charge is 0.428 e. The molecular weight excluding hydrogens is 252 g/mol. The Kier molecular flexibility index (Phi) is 3.69. The maximum atomic E-state index is 11.5. The lowest BCUT2D eigenvalue weighted by atomic mass is 10.3. The third-order valence-corrected chi connectivity index (χ3v) is 2.75. The molecule has 0 amide bonds. The Balaban J connectivity index is 2.11. The summed E-state index contributed by atoms with van der Waals surface area (Å²) in [6.45, 7) is 0. The van der Waals surface area contributed by atoms with Crippen LogP contribution in [-0.2, 0) is 10.3 Å². The Bertz CT molecular complexity index is 625. The average Bonchev–Trinajstić information content (AvgIpc) is 2.38. The van der Waals surface area contributed by atoms with Crippen molar-refractivity contribution in [2.75, 3.05) is 0 Å². The highest BCUT2D eigenvalue weighted by molar-refractivity contribution is 7.85.